The number of carbonyl (C=O) groups is 1. The number of nitrogens with zero attached hydrogens (tertiary/aromatic N) is 4. The maximum Gasteiger partial charge on any atom is 0.250 e. The van der Waals surface area contributed by atoms with Crippen LogP contribution in [0.5, 0.6) is 0 Å². The van der Waals surface area contributed by atoms with Crippen LogP contribution in [0.4, 0.5) is 0 Å². The van der Waals surface area contributed by atoms with E-state index in [4.69, 9.17) is 0 Å². The SMILES string of the molecule is Cc1ccc(SCC(=O)N/N=C\c2cc(C)n(-c3ccnn3C(C)C)c2C)cc1. The van der Waals surface area contributed by atoms with Crippen LogP contribution in [-0.4, -0.2) is 32.2 Å². The fraction of sp³-hybridized carbons (Fsp3) is 0.318. The Hall–Kier alpha value is -2.80. The van der Waals surface area contributed by atoms with Crippen molar-refractivity contribution in [1.29, 1.82) is 0 Å². The lowest BCUT2D eigenvalue weighted by atomic mass is 10.2. The largest absolute Gasteiger partial charge is 0.303 e. The number of amides is 1. The number of benzene rings is 1. The Morgan fingerprint density at radius 1 is 1.21 bits per heavy atom. The summed E-state index contributed by atoms with van der Waals surface area (Å²) in [7, 11) is 0. The van der Waals surface area contributed by atoms with Crippen molar-refractivity contribution >= 4 is 23.9 Å². The van der Waals surface area contributed by atoms with Crippen LogP contribution in [0.1, 0.15) is 42.4 Å². The molecular weight excluding hydrogens is 382 g/mol. The molecule has 7 heteroatoms. The summed E-state index contributed by atoms with van der Waals surface area (Å²) in [6, 6.07) is 12.5. The molecule has 0 aliphatic rings. The predicted octanol–water partition coefficient (Wildman–Crippen LogP) is 4.42. The minimum Gasteiger partial charge on any atom is -0.303 e. The van der Waals surface area contributed by atoms with Crippen molar-refractivity contribution in [3.05, 3.63) is 65.1 Å². The van der Waals surface area contributed by atoms with E-state index in [2.05, 4.69) is 47.0 Å². The molecule has 2 aromatic heterocycles. The Morgan fingerprint density at radius 2 is 1.93 bits per heavy atom. The molecule has 3 aromatic rings. The molecule has 1 amide bonds. The number of nitrogens with one attached hydrogen (secondary N) is 1. The topological polar surface area (TPSA) is 64.2 Å². The van der Waals surface area contributed by atoms with Gasteiger partial charge in [-0.15, -0.1) is 11.8 Å². The summed E-state index contributed by atoms with van der Waals surface area (Å²) < 4.78 is 4.15. The number of rotatable bonds is 7. The van der Waals surface area contributed by atoms with Gasteiger partial charge in [-0.3, -0.25) is 4.79 Å². The second-order valence-corrected chi connectivity index (χ2v) is 8.33. The molecule has 3 rings (SSSR count). The van der Waals surface area contributed by atoms with Gasteiger partial charge >= 0.3 is 0 Å². The first-order valence-corrected chi connectivity index (χ1v) is 10.6. The van der Waals surface area contributed by atoms with Crippen molar-refractivity contribution in [1.82, 2.24) is 19.8 Å². The minimum absolute atomic E-state index is 0.126. The molecular formula is C22H27N5OS. The number of aromatic nitrogens is 3. The van der Waals surface area contributed by atoms with E-state index < -0.39 is 0 Å². The fourth-order valence-electron chi connectivity index (χ4n) is 3.14. The zero-order valence-corrected chi connectivity index (χ0v) is 18.3. The number of thioether (sulfide) groups is 1. The molecule has 0 saturated carbocycles. The molecule has 2 heterocycles. The molecule has 1 aromatic carbocycles. The third-order valence-corrected chi connectivity index (χ3v) is 5.63. The molecule has 0 spiro atoms. The van der Waals surface area contributed by atoms with Crippen LogP contribution in [0, 0.1) is 20.8 Å². The van der Waals surface area contributed by atoms with Gasteiger partial charge in [-0.2, -0.15) is 10.2 Å². The van der Waals surface area contributed by atoms with E-state index in [0.29, 0.717) is 5.75 Å². The minimum atomic E-state index is -0.126. The lowest BCUT2D eigenvalue weighted by molar-refractivity contribution is -0.118. The van der Waals surface area contributed by atoms with Crippen molar-refractivity contribution in [3.8, 4) is 5.82 Å². The van der Waals surface area contributed by atoms with Gasteiger partial charge < -0.3 is 4.57 Å². The van der Waals surface area contributed by atoms with E-state index >= 15 is 0 Å². The summed E-state index contributed by atoms with van der Waals surface area (Å²) in [5, 5.41) is 8.57. The number of hydrogen-bond acceptors (Lipinski definition) is 4. The smallest absolute Gasteiger partial charge is 0.250 e. The van der Waals surface area contributed by atoms with Crippen molar-refractivity contribution in [2.75, 3.05) is 5.75 Å². The average molecular weight is 410 g/mol. The molecule has 0 unspecified atom stereocenters. The third kappa shape index (κ3) is 4.98. The van der Waals surface area contributed by atoms with Crippen LogP contribution in [-0.2, 0) is 4.79 Å². The molecule has 0 radical (unpaired) electrons. The molecule has 29 heavy (non-hydrogen) atoms. The van der Waals surface area contributed by atoms with Crippen LogP contribution in [0.25, 0.3) is 5.82 Å². The first-order chi connectivity index (χ1) is 13.9. The van der Waals surface area contributed by atoms with E-state index in [1.807, 2.05) is 55.1 Å². The van der Waals surface area contributed by atoms with Gasteiger partial charge in [0.25, 0.3) is 0 Å². The average Bonchev–Trinajstić information content (AvgIpc) is 3.26. The van der Waals surface area contributed by atoms with Gasteiger partial charge in [0.2, 0.25) is 5.91 Å². The number of hydrogen-bond donors (Lipinski definition) is 1. The Bertz CT molecular complexity index is 1010. The molecule has 0 saturated heterocycles. The first-order valence-electron chi connectivity index (χ1n) is 9.61. The fourth-order valence-corrected chi connectivity index (χ4v) is 3.83. The Balaban J connectivity index is 1.64. The second kappa shape index (κ2) is 9.13. The van der Waals surface area contributed by atoms with Crippen molar-refractivity contribution in [2.24, 2.45) is 5.10 Å². The van der Waals surface area contributed by atoms with Crippen LogP contribution in [0.3, 0.4) is 0 Å². The zero-order chi connectivity index (χ0) is 21.0. The highest BCUT2D eigenvalue weighted by molar-refractivity contribution is 8.00. The molecule has 152 valence electrons. The van der Waals surface area contributed by atoms with Crippen LogP contribution in [0.15, 0.2) is 52.6 Å². The van der Waals surface area contributed by atoms with Crippen molar-refractivity contribution < 1.29 is 4.79 Å². The van der Waals surface area contributed by atoms with Gasteiger partial charge in [0, 0.05) is 34.0 Å². The lowest BCUT2D eigenvalue weighted by Gasteiger charge is -2.14. The Morgan fingerprint density at radius 3 is 2.62 bits per heavy atom. The summed E-state index contributed by atoms with van der Waals surface area (Å²) >= 11 is 1.50. The highest BCUT2D eigenvalue weighted by Gasteiger charge is 2.14. The van der Waals surface area contributed by atoms with Gasteiger partial charge in [0.05, 0.1) is 18.2 Å². The molecule has 6 nitrogen and oxygen atoms in total. The number of aryl methyl sites for hydroxylation is 2. The molecule has 1 N–H and O–H groups in total. The highest BCUT2D eigenvalue weighted by atomic mass is 32.2. The highest BCUT2D eigenvalue weighted by Crippen LogP contribution is 2.22. The van der Waals surface area contributed by atoms with Crippen molar-refractivity contribution in [3.63, 3.8) is 0 Å². The molecule has 0 aliphatic heterocycles. The number of hydrazone groups is 1. The predicted molar refractivity (Wildman–Crippen MR) is 119 cm³/mol. The normalized spacial score (nSPS) is 11.5. The van der Waals surface area contributed by atoms with E-state index in [-0.39, 0.29) is 11.9 Å². The summed E-state index contributed by atoms with van der Waals surface area (Å²) in [6.45, 7) is 10.4. The maximum atomic E-state index is 12.1. The molecule has 0 aliphatic carbocycles. The first kappa shape index (κ1) is 20.9. The molecule has 0 bridgehead atoms. The third-order valence-electron chi connectivity index (χ3n) is 4.62. The Labute approximate surface area is 176 Å². The lowest BCUT2D eigenvalue weighted by Crippen LogP contribution is -2.19. The van der Waals surface area contributed by atoms with Gasteiger partial charge in [0.15, 0.2) is 0 Å². The molecule has 0 fully saturated rings. The van der Waals surface area contributed by atoms with Crippen molar-refractivity contribution in [2.45, 2.75) is 45.6 Å². The van der Waals surface area contributed by atoms with Gasteiger partial charge in [-0.25, -0.2) is 10.1 Å². The molecule has 0 atom stereocenters. The maximum absolute atomic E-state index is 12.1. The summed E-state index contributed by atoms with van der Waals surface area (Å²) in [6.07, 6.45) is 3.51. The quantitative estimate of drug-likeness (QED) is 0.357. The standard InChI is InChI=1S/C22H27N5OS/c1-15(2)27-22(10-11-24-27)26-17(4)12-19(18(26)5)13-23-25-21(28)14-29-20-8-6-16(3)7-9-20/h6-13,15H,14H2,1-5H3,(H,25,28)/b23-13-. The van der Waals surface area contributed by atoms with E-state index in [1.54, 1.807) is 6.21 Å². The second-order valence-electron chi connectivity index (χ2n) is 7.28. The van der Waals surface area contributed by atoms with Crippen LogP contribution >= 0.6 is 11.8 Å². The zero-order valence-electron chi connectivity index (χ0n) is 17.5. The van der Waals surface area contributed by atoms with Crippen LogP contribution < -0.4 is 5.43 Å². The Kier molecular flexibility index (Phi) is 6.59. The van der Waals surface area contributed by atoms with Gasteiger partial charge in [-0.05, 0) is 52.8 Å². The van der Waals surface area contributed by atoms with E-state index in [0.717, 1.165) is 27.7 Å². The van der Waals surface area contributed by atoms with Gasteiger partial charge in [0.1, 0.15) is 5.82 Å². The van der Waals surface area contributed by atoms with E-state index in [9.17, 15) is 4.79 Å². The monoisotopic (exact) mass is 409 g/mol. The van der Waals surface area contributed by atoms with Gasteiger partial charge in [-0.1, -0.05) is 17.7 Å². The van der Waals surface area contributed by atoms with E-state index in [1.165, 1.54) is 17.3 Å². The summed E-state index contributed by atoms with van der Waals surface area (Å²) in [5.74, 6) is 1.22. The van der Waals surface area contributed by atoms with Crippen LogP contribution in [0.2, 0.25) is 0 Å². The summed E-state index contributed by atoms with van der Waals surface area (Å²) in [4.78, 5) is 13.1. The summed E-state index contributed by atoms with van der Waals surface area (Å²) in [5.41, 5.74) is 6.93. The number of carbonyl (C=O) groups excluding carboxylic acids is 1.